The lowest BCUT2D eigenvalue weighted by Gasteiger charge is -2.09. The minimum absolute atomic E-state index is 0.121. The average molecular weight is 376 g/mol. The third kappa shape index (κ3) is 3.20. The Kier molecular flexibility index (Phi) is 4.00. The summed E-state index contributed by atoms with van der Waals surface area (Å²) in [6, 6.07) is 11.4. The van der Waals surface area contributed by atoms with Crippen LogP contribution in [0.25, 0.3) is 10.9 Å². The molecule has 8 nitrogen and oxygen atoms in total. The molecule has 0 bridgehead atoms. The van der Waals surface area contributed by atoms with Crippen LogP contribution in [0, 0.1) is 11.3 Å². The highest BCUT2D eigenvalue weighted by molar-refractivity contribution is 7.92. The van der Waals surface area contributed by atoms with E-state index in [2.05, 4.69) is 9.71 Å². The average Bonchev–Trinajstić information content (AvgIpc) is 2.98. The van der Waals surface area contributed by atoms with Crippen molar-refractivity contribution in [2.24, 2.45) is 5.14 Å². The topological polar surface area (TPSA) is 146 Å². The summed E-state index contributed by atoms with van der Waals surface area (Å²) in [4.78, 5) is 2.56. The van der Waals surface area contributed by atoms with Crippen molar-refractivity contribution < 1.29 is 16.8 Å². The Morgan fingerprint density at radius 3 is 2.24 bits per heavy atom. The van der Waals surface area contributed by atoms with Crippen molar-refractivity contribution in [3.05, 3.63) is 54.2 Å². The lowest BCUT2D eigenvalue weighted by Crippen LogP contribution is -2.15. The van der Waals surface area contributed by atoms with Crippen LogP contribution in [0.4, 0.5) is 5.69 Å². The normalized spacial score (nSPS) is 12.0. The minimum Gasteiger partial charge on any atom is -0.358 e. The first-order valence-electron chi connectivity index (χ1n) is 6.88. The van der Waals surface area contributed by atoms with Crippen molar-refractivity contribution in [3.8, 4) is 6.07 Å². The number of aromatic nitrogens is 1. The van der Waals surface area contributed by atoms with Crippen molar-refractivity contribution >= 4 is 36.6 Å². The number of primary sulfonamides is 1. The number of benzene rings is 2. The zero-order valence-corrected chi connectivity index (χ0v) is 14.2. The van der Waals surface area contributed by atoms with Gasteiger partial charge in [-0.05, 0) is 30.3 Å². The van der Waals surface area contributed by atoms with E-state index < -0.39 is 20.0 Å². The number of H-pyrrole nitrogens is 1. The van der Waals surface area contributed by atoms with Crippen LogP contribution in [-0.2, 0) is 20.0 Å². The van der Waals surface area contributed by atoms with Gasteiger partial charge in [0.15, 0.2) is 0 Å². The summed E-state index contributed by atoms with van der Waals surface area (Å²) < 4.78 is 49.9. The second-order valence-corrected chi connectivity index (χ2v) is 8.41. The number of para-hydroxylation sites is 1. The fourth-order valence-electron chi connectivity index (χ4n) is 2.34. The van der Waals surface area contributed by atoms with E-state index in [1.54, 1.807) is 18.2 Å². The number of sulfonamides is 2. The van der Waals surface area contributed by atoms with E-state index in [4.69, 9.17) is 10.4 Å². The predicted molar refractivity (Wildman–Crippen MR) is 91.6 cm³/mol. The molecule has 2 aromatic carbocycles. The Morgan fingerprint density at radius 2 is 1.64 bits per heavy atom. The van der Waals surface area contributed by atoms with Gasteiger partial charge in [-0.3, -0.25) is 4.72 Å². The second-order valence-electron chi connectivity index (χ2n) is 5.16. The summed E-state index contributed by atoms with van der Waals surface area (Å²) in [5, 5.41) is 14.6. The number of nitrogens with two attached hydrogens (primary N) is 1. The second kappa shape index (κ2) is 5.89. The van der Waals surface area contributed by atoms with Crippen LogP contribution >= 0.6 is 0 Å². The molecule has 0 spiro atoms. The van der Waals surface area contributed by atoms with Crippen molar-refractivity contribution in [1.82, 2.24) is 4.98 Å². The molecule has 0 aliphatic carbocycles. The molecule has 0 fully saturated rings. The first-order valence-corrected chi connectivity index (χ1v) is 9.91. The standard InChI is InChI=1S/C15H12N4O4S2/c16-8-10-9-18-15-13(10)2-1-3-14(15)19-25(22,23)12-6-4-11(5-7-12)24(17,20)21/h1-7,9,18-19H,(H2,17,20,21). The molecule has 0 amide bonds. The van der Waals surface area contributed by atoms with E-state index in [0.717, 1.165) is 24.3 Å². The molecule has 4 N–H and O–H groups in total. The number of fused-ring (bicyclic) bond motifs is 1. The van der Waals surface area contributed by atoms with Crippen LogP contribution in [-0.4, -0.2) is 21.8 Å². The van der Waals surface area contributed by atoms with Crippen molar-refractivity contribution in [2.45, 2.75) is 9.79 Å². The van der Waals surface area contributed by atoms with Crippen LogP contribution in [0.15, 0.2) is 58.5 Å². The Bertz CT molecular complexity index is 1200. The molecule has 0 aliphatic rings. The summed E-state index contributed by atoms with van der Waals surface area (Å²) in [6.07, 6.45) is 1.49. The van der Waals surface area contributed by atoms with E-state index in [0.29, 0.717) is 16.5 Å². The van der Waals surface area contributed by atoms with Crippen LogP contribution in [0.2, 0.25) is 0 Å². The zero-order valence-electron chi connectivity index (χ0n) is 12.6. The Morgan fingerprint density at radius 1 is 1.00 bits per heavy atom. The van der Waals surface area contributed by atoms with Gasteiger partial charge in [0.05, 0.1) is 26.6 Å². The van der Waals surface area contributed by atoms with Gasteiger partial charge in [-0.2, -0.15) is 5.26 Å². The highest BCUT2D eigenvalue weighted by atomic mass is 32.2. The Balaban J connectivity index is 2.00. The molecule has 0 radical (unpaired) electrons. The predicted octanol–water partition coefficient (Wildman–Crippen LogP) is 1.49. The fourth-order valence-corrected chi connectivity index (χ4v) is 3.93. The molecular weight excluding hydrogens is 364 g/mol. The van der Waals surface area contributed by atoms with Gasteiger partial charge in [0, 0.05) is 11.6 Å². The van der Waals surface area contributed by atoms with Crippen LogP contribution in [0.5, 0.6) is 0 Å². The molecule has 10 heteroatoms. The lowest BCUT2D eigenvalue weighted by atomic mass is 10.2. The van der Waals surface area contributed by atoms with Crippen molar-refractivity contribution in [2.75, 3.05) is 4.72 Å². The molecule has 0 saturated carbocycles. The molecule has 25 heavy (non-hydrogen) atoms. The number of anilines is 1. The van der Waals surface area contributed by atoms with Crippen LogP contribution in [0.3, 0.4) is 0 Å². The molecular formula is C15H12N4O4S2. The molecule has 1 heterocycles. The largest absolute Gasteiger partial charge is 0.358 e. The van der Waals surface area contributed by atoms with Gasteiger partial charge >= 0.3 is 0 Å². The lowest BCUT2D eigenvalue weighted by molar-refractivity contribution is 0.595. The van der Waals surface area contributed by atoms with Gasteiger partial charge in [-0.1, -0.05) is 12.1 Å². The third-order valence-electron chi connectivity index (χ3n) is 3.54. The zero-order chi connectivity index (χ0) is 18.2. The molecule has 3 aromatic rings. The number of nitrogens with zero attached hydrogens (tertiary/aromatic N) is 1. The van der Waals surface area contributed by atoms with E-state index in [9.17, 15) is 16.8 Å². The van der Waals surface area contributed by atoms with E-state index >= 15 is 0 Å². The first kappa shape index (κ1) is 17.0. The number of aromatic amines is 1. The van der Waals surface area contributed by atoms with Crippen LogP contribution < -0.4 is 9.86 Å². The van der Waals surface area contributed by atoms with Gasteiger partial charge in [0.1, 0.15) is 6.07 Å². The molecule has 0 atom stereocenters. The van der Waals surface area contributed by atoms with Crippen molar-refractivity contribution in [1.29, 1.82) is 5.26 Å². The number of hydrogen-bond acceptors (Lipinski definition) is 5. The highest BCUT2D eigenvalue weighted by Crippen LogP contribution is 2.27. The number of nitrogens with one attached hydrogen (secondary N) is 2. The molecule has 3 rings (SSSR count). The van der Waals surface area contributed by atoms with Gasteiger partial charge in [-0.25, -0.2) is 22.0 Å². The van der Waals surface area contributed by atoms with Gasteiger partial charge in [-0.15, -0.1) is 0 Å². The number of nitriles is 1. The molecule has 0 aliphatic heterocycles. The molecule has 1 aromatic heterocycles. The molecule has 0 unspecified atom stereocenters. The summed E-state index contributed by atoms with van der Waals surface area (Å²) in [7, 11) is -7.86. The summed E-state index contributed by atoms with van der Waals surface area (Å²) >= 11 is 0. The van der Waals surface area contributed by atoms with Gasteiger partial charge in [0.2, 0.25) is 10.0 Å². The Labute approximate surface area is 144 Å². The minimum atomic E-state index is -3.95. The number of hydrogen-bond donors (Lipinski definition) is 3. The summed E-state index contributed by atoms with van der Waals surface area (Å²) in [5.74, 6) is 0. The number of rotatable bonds is 4. The van der Waals surface area contributed by atoms with E-state index in [-0.39, 0.29) is 15.5 Å². The summed E-state index contributed by atoms with van der Waals surface area (Å²) in [5.41, 5.74) is 1.15. The monoisotopic (exact) mass is 376 g/mol. The van der Waals surface area contributed by atoms with Crippen LogP contribution in [0.1, 0.15) is 5.56 Å². The summed E-state index contributed by atoms with van der Waals surface area (Å²) in [6.45, 7) is 0. The smallest absolute Gasteiger partial charge is 0.261 e. The maximum Gasteiger partial charge on any atom is 0.261 e. The molecule has 128 valence electrons. The molecule has 0 saturated heterocycles. The van der Waals surface area contributed by atoms with Crippen molar-refractivity contribution in [3.63, 3.8) is 0 Å². The van der Waals surface area contributed by atoms with E-state index in [1.807, 2.05) is 6.07 Å². The maximum absolute atomic E-state index is 12.5. The quantitative estimate of drug-likeness (QED) is 0.631. The Hall–Kier alpha value is -2.87. The fraction of sp³-hybridized carbons (Fsp3) is 0. The van der Waals surface area contributed by atoms with Gasteiger partial charge in [0.25, 0.3) is 10.0 Å². The first-order chi connectivity index (χ1) is 11.7. The maximum atomic E-state index is 12.5. The van der Waals surface area contributed by atoms with Gasteiger partial charge < -0.3 is 4.98 Å². The highest BCUT2D eigenvalue weighted by Gasteiger charge is 2.18. The van der Waals surface area contributed by atoms with E-state index in [1.165, 1.54) is 6.20 Å². The third-order valence-corrected chi connectivity index (χ3v) is 5.85. The SMILES string of the molecule is N#Cc1c[nH]c2c(NS(=O)(=O)c3ccc(S(N)(=O)=O)cc3)cccc12.